The maximum atomic E-state index is 12.9. The number of hydrogen-bond donors (Lipinski definition) is 1. The Morgan fingerprint density at radius 3 is 3.08 bits per heavy atom. The highest BCUT2D eigenvalue weighted by Gasteiger charge is 1.99. The summed E-state index contributed by atoms with van der Waals surface area (Å²) in [5, 5.41) is 2.83. The van der Waals surface area contributed by atoms with Crippen LogP contribution >= 0.6 is 0 Å². The van der Waals surface area contributed by atoms with Gasteiger partial charge in [0.05, 0.1) is 0 Å². The highest BCUT2D eigenvalue weighted by molar-refractivity contribution is 5.36. The molecule has 3 heteroatoms. The van der Waals surface area contributed by atoms with E-state index in [-0.39, 0.29) is 11.6 Å². The van der Waals surface area contributed by atoms with Crippen molar-refractivity contribution in [2.75, 3.05) is 11.9 Å². The normalized spacial score (nSPS) is 9.50. The van der Waals surface area contributed by atoms with Gasteiger partial charge in [-0.15, -0.1) is 0 Å². The van der Waals surface area contributed by atoms with E-state index in [1.807, 2.05) is 6.92 Å². The third-order valence-corrected chi connectivity index (χ3v) is 1.32. The molecule has 12 heavy (non-hydrogen) atoms. The first-order valence-electron chi connectivity index (χ1n) is 3.69. The fourth-order valence-electron chi connectivity index (χ4n) is 0.750. The second kappa shape index (κ2) is 3.85. The molecule has 0 saturated carbocycles. The lowest BCUT2D eigenvalue weighted by molar-refractivity contribution is 0.625. The number of anilines is 1. The zero-order chi connectivity index (χ0) is 8.97. The number of hydrogen-bond acceptors (Lipinski definition) is 2. The van der Waals surface area contributed by atoms with Gasteiger partial charge in [0.15, 0.2) is 11.6 Å². The van der Waals surface area contributed by atoms with Gasteiger partial charge in [-0.2, -0.15) is 0 Å². The first-order chi connectivity index (χ1) is 5.70. The first kappa shape index (κ1) is 8.71. The number of pyridine rings is 1. The van der Waals surface area contributed by atoms with Gasteiger partial charge in [0.25, 0.3) is 0 Å². The number of nitrogens with zero attached hydrogens (tertiary/aromatic N) is 1. The van der Waals surface area contributed by atoms with E-state index >= 15 is 0 Å². The van der Waals surface area contributed by atoms with Crippen molar-refractivity contribution in [2.24, 2.45) is 0 Å². The van der Waals surface area contributed by atoms with Crippen LogP contribution in [0.15, 0.2) is 30.5 Å². The summed E-state index contributed by atoms with van der Waals surface area (Å²) in [7, 11) is 0. The van der Waals surface area contributed by atoms with E-state index in [1.165, 1.54) is 6.07 Å². The zero-order valence-electron chi connectivity index (χ0n) is 6.97. The van der Waals surface area contributed by atoms with E-state index < -0.39 is 0 Å². The van der Waals surface area contributed by atoms with Crippen molar-refractivity contribution in [3.63, 3.8) is 0 Å². The van der Waals surface area contributed by atoms with Gasteiger partial charge in [-0.25, -0.2) is 9.37 Å². The lowest BCUT2D eigenvalue weighted by atomic mass is 10.3. The van der Waals surface area contributed by atoms with E-state index in [2.05, 4.69) is 16.9 Å². The van der Waals surface area contributed by atoms with E-state index in [1.54, 1.807) is 12.3 Å². The number of rotatable bonds is 3. The summed E-state index contributed by atoms with van der Waals surface area (Å²) in [5.41, 5.74) is 0.944. The third-order valence-electron chi connectivity index (χ3n) is 1.32. The van der Waals surface area contributed by atoms with E-state index in [9.17, 15) is 4.39 Å². The lowest BCUT2D eigenvalue weighted by Gasteiger charge is -2.04. The van der Waals surface area contributed by atoms with Crippen molar-refractivity contribution < 1.29 is 4.39 Å². The number of aromatic nitrogens is 1. The lowest BCUT2D eigenvalue weighted by Crippen LogP contribution is -2.05. The summed E-state index contributed by atoms with van der Waals surface area (Å²) >= 11 is 0. The Morgan fingerprint density at radius 1 is 1.75 bits per heavy atom. The molecule has 0 unspecified atom stereocenters. The molecule has 0 spiro atoms. The molecule has 0 atom stereocenters. The minimum Gasteiger partial charge on any atom is -0.364 e. The van der Waals surface area contributed by atoms with Crippen molar-refractivity contribution in [3.8, 4) is 0 Å². The molecule has 1 aromatic rings. The Morgan fingerprint density at radius 2 is 2.50 bits per heavy atom. The fraction of sp³-hybridized carbons (Fsp3) is 0.222. The number of halogens is 1. The van der Waals surface area contributed by atoms with Gasteiger partial charge in [0.2, 0.25) is 0 Å². The maximum Gasteiger partial charge on any atom is 0.165 e. The molecule has 0 fully saturated rings. The zero-order valence-corrected chi connectivity index (χ0v) is 6.97. The van der Waals surface area contributed by atoms with Crippen LogP contribution in [0.2, 0.25) is 0 Å². The maximum absolute atomic E-state index is 12.9. The van der Waals surface area contributed by atoms with Crippen LogP contribution in [0.1, 0.15) is 6.92 Å². The second-order valence-corrected chi connectivity index (χ2v) is 2.64. The second-order valence-electron chi connectivity index (χ2n) is 2.64. The van der Waals surface area contributed by atoms with Crippen LogP contribution < -0.4 is 5.32 Å². The van der Waals surface area contributed by atoms with Gasteiger partial charge < -0.3 is 5.32 Å². The minimum absolute atomic E-state index is 0.278. The predicted molar refractivity (Wildman–Crippen MR) is 47.5 cm³/mol. The van der Waals surface area contributed by atoms with Crippen LogP contribution in [-0.4, -0.2) is 11.5 Å². The standard InChI is InChI=1S/C9H11FN2/c1-7(2)6-12-9-8(10)4-3-5-11-9/h3-5H,1,6H2,2H3,(H,11,12). The summed E-state index contributed by atoms with van der Waals surface area (Å²) in [5.74, 6) is -0.0562. The van der Waals surface area contributed by atoms with Gasteiger partial charge in [-0.1, -0.05) is 12.2 Å². The van der Waals surface area contributed by atoms with Crippen LogP contribution in [-0.2, 0) is 0 Å². The molecular weight excluding hydrogens is 155 g/mol. The Bertz CT molecular complexity index is 284. The molecule has 0 amide bonds. The molecule has 64 valence electrons. The summed E-state index contributed by atoms with van der Waals surface area (Å²) in [4.78, 5) is 3.82. The molecule has 0 aliphatic rings. The van der Waals surface area contributed by atoms with Crippen LogP contribution in [0.25, 0.3) is 0 Å². The van der Waals surface area contributed by atoms with Gasteiger partial charge in [0.1, 0.15) is 0 Å². The average Bonchev–Trinajstić information content (AvgIpc) is 2.03. The molecule has 1 N–H and O–H groups in total. The van der Waals surface area contributed by atoms with Gasteiger partial charge in [-0.3, -0.25) is 0 Å². The summed E-state index contributed by atoms with van der Waals surface area (Å²) in [6, 6.07) is 2.93. The van der Waals surface area contributed by atoms with Crippen LogP contribution in [0.4, 0.5) is 10.2 Å². The summed E-state index contributed by atoms with van der Waals surface area (Å²) in [6.45, 7) is 6.11. The predicted octanol–water partition coefficient (Wildman–Crippen LogP) is 2.21. The Balaban J connectivity index is 2.63. The molecule has 1 aromatic heterocycles. The van der Waals surface area contributed by atoms with Crippen molar-refractivity contribution in [1.82, 2.24) is 4.98 Å². The molecule has 0 saturated heterocycles. The molecule has 0 aliphatic heterocycles. The van der Waals surface area contributed by atoms with Crippen molar-refractivity contribution in [2.45, 2.75) is 6.92 Å². The first-order valence-corrected chi connectivity index (χ1v) is 3.69. The van der Waals surface area contributed by atoms with Crippen LogP contribution in [0, 0.1) is 5.82 Å². The Hall–Kier alpha value is -1.38. The molecule has 1 rings (SSSR count). The van der Waals surface area contributed by atoms with E-state index in [0.717, 1.165) is 5.57 Å². The molecular formula is C9H11FN2. The summed E-state index contributed by atoms with van der Waals surface area (Å²) < 4.78 is 12.9. The SMILES string of the molecule is C=C(C)CNc1ncccc1F. The Labute approximate surface area is 71.1 Å². The average molecular weight is 166 g/mol. The van der Waals surface area contributed by atoms with Crippen LogP contribution in [0.3, 0.4) is 0 Å². The number of nitrogens with one attached hydrogen (secondary N) is 1. The van der Waals surface area contributed by atoms with Crippen LogP contribution in [0.5, 0.6) is 0 Å². The van der Waals surface area contributed by atoms with Gasteiger partial charge in [0, 0.05) is 12.7 Å². The monoisotopic (exact) mass is 166 g/mol. The summed E-state index contributed by atoms with van der Waals surface area (Å²) in [6.07, 6.45) is 1.55. The molecule has 0 radical (unpaired) electrons. The third kappa shape index (κ3) is 2.34. The molecule has 2 nitrogen and oxygen atoms in total. The van der Waals surface area contributed by atoms with Gasteiger partial charge >= 0.3 is 0 Å². The Kier molecular flexibility index (Phi) is 2.80. The highest BCUT2D eigenvalue weighted by atomic mass is 19.1. The minimum atomic E-state index is -0.334. The fourth-order valence-corrected chi connectivity index (χ4v) is 0.750. The van der Waals surface area contributed by atoms with E-state index in [0.29, 0.717) is 6.54 Å². The smallest absolute Gasteiger partial charge is 0.165 e. The van der Waals surface area contributed by atoms with Crippen molar-refractivity contribution in [3.05, 3.63) is 36.3 Å². The topological polar surface area (TPSA) is 24.9 Å². The molecule has 0 bridgehead atoms. The molecule has 1 heterocycles. The molecule has 0 aliphatic carbocycles. The quantitative estimate of drug-likeness (QED) is 0.696. The van der Waals surface area contributed by atoms with Crippen molar-refractivity contribution >= 4 is 5.82 Å². The molecule has 0 aromatic carbocycles. The van der Waals surface area contributed by atoms with Gasteiger partial charge in [-0.05, 0) is 19.1 Å². The van der Waals surface area contributed by atoms with E-state index in [4.69, 9.17) is 0 Å². The largest absolute Gasteiger partial charge is 0.364 e. The highest BCUT2D eigenvalue weighted by Crippen LogP contribution is 2.08. The van der Waals surface area contributed by atoms with Crippen molar-refractivity contribution in [1.29, 1.82) is 0 Å².